The predicted molar refractivity (Wildman–Crippen MR) is 119 cm³/mol. The minimum atomic E-state index is -0.375. The molecule has 1 aliphatic carbocycles. The highest BCUT2D eigenvalue weighted by molar-refractivity contribution is 8.01. The van der Waals surface area contributed by atoms with Crippen LogP contribution >= 0.6 is 23.1 Å². The highest BCUT2D eigenvalue weighted by Crippen LogP contribution is 2.41. The third-order valence-electron chi connectivity index (χ3n) is 5.94. The van der Waals surface area contributed by atoms with Crippen LogP contribution in [0.2, 0.25) is 0 Å². The zero-order valence-electron chi connectivity index (χ0n) is 16.5. The molecule has 3 aromatic rings. The van der Waals surface area contributed by atoms with E-state index in [4.69, 9.17) is 0 Å². The van der Waals surface area contributed by atoms with Crippen LogP contribution in [0.25, 0.3) is 10.2 Å². The lowest BCUT2D eigenvalue weighted by Crippen LogP contribution is -2.30. The van der Waals surface area contributed by atoms with Crippen LogP contribution in [-0.2, 0) is 9.59 Å². The largest absolute Gasteiger partial charge is 0.293 e. The van der Waals surface area contributed by atoms with Gasteiger partial charge >= 0.3 is 0 Å². The Morgan fingerprint density at radius 2 is 1.74 bits per heavy atom. The number of halogens is 1. The summed E-state index contributed by atoms with van der Waals surface area (Å²) in [5, 5.41) is 0. The fourth-order valence-corrected chi connectivity index (χ4v) is 6.35. The molecule has 5 nitrogen and oxygen atoms in total. The molecule has 31 heavy (non-hydrogen) atoms. The van der Waals surface area contributed by atoms with Crippen molar-refractivity contribution in [3.63, 3.8) is 0 Å². The van der Waals surface area contributed by atoms with Crippen molar-refractivity contribution in [1.29, 1.82) is 0 Å². The number of hydrogen-bond acceptors (Lipinski definition) is 6. The summed E-state index contributed by atoms with van der Waals surface area (Å²) in [6.07, 6.45) is 3.58. The molecule has 2 fully saturated rings. The van der Waals surface area contributed by atoms with Crippen molar-refractivity contribution in [3.8, 4) is 0 Å². The number of hydrogen-bond donors (Lipinski definition) is 0. The number of anilines is 1. The summed E-state index contributed by atoms with van der Waals surface area (Å²) in [5.41, 5.74) is 1.83. The van der Waals surface area contributed by atoms with Crippen molar-refractivity contribution in [2.24, 2.45) is 11.8 Å². The van der Waals surface area contributed by atoms with Crippen molar-refractivity contribution >= 4 is 56.6 Å². The summed E-state index contributed by atoms with van der Waals surface area (Å²) < 4.78 is 14.6. The lowest BCUT2D eigenvalue weighted by molar-refractivity contribution is -0.122. The third kappa shape index (κ3) is 3.78. The van der Waals surface area contributed by atoms with Crippen molar-refractivity contribution in [2.45, 2.75) is 30.0 Å². The van der Waals surface area contributed by atoms with Crippen LogP contribution in [0, 0.1) is 17.7 Å². The van der Waals surface area contributed by atoms with E-state index in [0.717, 1.165) is 40.2 Å². The van der Waals surface area contributed by atoms with Gasteiger partial charge in [0.2, 0.25) is 11.8 Å². The fraction of sp³-hybridized carbons (Fsp3) is 0.304. The van der Waals surface area contributed by atoms with Crippen LogP contribution in [0.1, 0.15) is 36.0 Å². The topological polar surface area (TPSA) is 67.3 Å². The molecule has 1 saturated carbocycles. The van der Waals surface area contributed by atoms with Gasteiger partial charge in [0.15, 0.2) is 10.1 Å². The molecule has 2 heterocycles. The number of amides is 2. The number of thioether (sulfide) groups is 1. The molecule has 1 aromatic heterocycles. The second-order valence-corrected chi connectivity index (χ2v) is 10.1. The number of carbonyl (C=O) groups excluding carboxylic acids is 3. The molecular formula is C23H19FN2O3S2. The molecule has 2 aromatic carbocycles. The Morgan fingerprint density at radius 3 is 2.42 bits per heavy atom. The predicted octanol–water partition coefficient (Wildman–Crippen LogP) is 5.09. The number of nitrogens with zero attached hydrogens (tertiary/aromatic N) is 2. The molecule has 8 heteroatoms. The molecule has 0 N–H and O–H groups in total. The first-order chi connectivity index (χ1) is 15.0. The molecule has 0 spiro atoms. The molecule has 2 atom stereocenters. The third-order valence-corrected chi connectivity index (χ3v) is 8.11. The first-order valence-corrected chi connectivity index (χ1v) is 12.0. The summed E-state index contributed by atoms with van der Waals surface area (Å²) in [4.78, 5) is 43.9. The van der Waals surface area contributed by atoms with Crippen molar-refractivity contribution in [3.05, 3.63) is 53.8 Å². The van der Waals surface area contributed by atoms with Crippen LogP contribution in [0.3, 0.4) is 0 Å². The van der Waals surface area contributed by atoms with Gasteiger partial charge < -0.3 is 0 Å². The van der Waals surface area contributed by atoms with Gasteiger partial charge in [-0.15, -0.1) is 11.3 Å². The molecule has 158 valence electrons. The molecule has 2 amide bonds. The second kappa shape index (κ2) is 8.16. The number of carbonyl (C=O) groups is 3. The Kier molecular flexibility index (Phi) is 5.35. The maximum Gasteiger partial charge on any atom is 0.237 e. The molecule has 0 bridgehead atoms. The summed E-state index contributed by atoms with van der Waals surface area (Å²) in [5.74, 6) is -0.800. The van der Waals surface area contributed by atoms with E-state index in [-0.39, 0.29) is 41.0 Å². The van der Waals surface area contributed by atoms with Crippen molar-refractivity contribution in [1.82, 2.24) is 4.98 Å². The summed E-state index contributed by atoms with van der Waals surface area (Å²) >= 11 is 2.75. The van der Waals surface area contributed by atoms with E-state index in [2.05, 4.69) is 4.98 Å². The second-order valence-electron chi connectivity index (χ2n) is 7.86. The Labute approximate surface area is 186 Å². The van der Waals surface area contributed by atoms with Gasteiger partial charge in [-0.05, 0) is 55.3 Å². The monoisotopic (exact) mass is 454 g/mol. The molecule has 2 aliphatic rings. The lowest BCUT2D eigenvalue weighted by atomic mass is 9.81. The number of aromatic nitrogens is 1. The number of benzene rings is 2. The van der Waals surface area contributed by atoms with E-state index in [1.54, 1.807) is 6.07 Å². The van der Waals surface area contributed by atoms with Crippen LogP contribution < -0.4 is 4.90 Å². The van der Waals surface area contributed by atoms with Crippen LogP contribution in [0.15, 0.2) is 46.8 Å². The minimum absolute atomic E-state index is 0.0851. The fourth-order valence-electron chi connectivity index (χ4n) is 4.36. The zero-order valence-corrected chi connectivity index (χ0v) is 18.2. The maximum atomic E-state index is 13.0. The summed E-state index contributed by atoms with van der Waals surface area (Å²) in [6, 6.07) is 10.9. The molecule has 1 aliphatic heterocycles. The molecule has 5 rings (SSSR count). The molecule has 0 unspecified atom stereocenters. The average Bonchev–Trinajstić information content (AvgIpc) is 3.30. The highest BCUT2D eigenvalue weighted by Gasteiger charge is 2.48. The van der Waals surface area contributed by atoms with Gasteiger partial charge in [-0.2, -0.15) is 0 Å². The number of ketones is 1. The number of rotatable bonds is 5. The smallest absolute Gasteiger partial charge is 0.237 e. The average molecular weight is 455 g/mol. The van der Waals surface area contributed by atoms with E-state index < -0.39 is 0 Å². The molecule has 0 radical (unpaired) electrons. The quantitative estimate of drug-likeness (QED) is 0.305. The van der Waals surface area contributed by atoms with Gasteiger partial charge in [0.1, 0.15) is 5.82 Å². The maximum absolute atomic E-state index is 13.0. The number of Topliss-reactive ketones (excluding diaryl/α,β-unsaturated/α-hetero) is 1. The summed E-state index contributed by atoms with van der Waals surface area (Å²) in [6.45, 7) is 0. The van der Waals surface area contributed by atoms with Gasteiger partial charge in [0.25, 0.3) is 0 Å². The van der Waals surface area contributed by atoms with Crippen molar-refractivity contribution in [2.75, 3.05) is 10.7 Å². The van der Waals surface area contributed by atoms with E-state index in [1.807, 2.05) is 12.1 Å². The molecular weight excluding hydrogens is 435 g/mol. The van der Waals surface area contributed by atoms with Gasteiger partial charge in [-0.1, -0.05) is 24.6 Å². The van der Waals surface area contributed by atoms with Gasteiger partial charge in [-0.3, -0.25) is 19.3 Å². The van der Waals surface area contributed by atoms with Crippen LogP contribution in [0.4, 0.5) is 10.1 Å². The SMILES string of the molecule is O=C(CSc1nc2ccc(N3C(=O)[C@@H]4CCCC[C@H]4C3=O)cc2s1)c1ccc(F)cc1. The first-order valence-electron chi connectivity index (χ1n) is 10.2. The van der Waals surface area contributed by atoms with E-state index in [9.17, 15) is 18.8 Å². The Bertz CT molecular complexity index is 1170. The van der Waals surface area contributed by atoms with E-state index in [0.29, 0.717) is 11.3 Å². The van der Waals surface area contributed by atoms with Crippen LogP contribution in [-0.4, -0.2) is 28.3 Å². The van der Waals surface area contributed by atoms with Gasteiger partial charge in [0.05, 0.1) is 33.5 Å². The summed E-state index contributed by atoms with van der Waals surface area (Å²) in [7, 11) is 0. The molecule has 1 saturated heterocycles. The lowest BCUT2D eigenvalue weighted by Gasteiger charge is -2.19. The van der Waals surface area contributed by atoms with Crippen LogP contribution in [0.5, 0.6) is 0 Å². The van der Waals surface area contributed by atoms with Crippen molar-refractivity contribution < 1.29 is 18.8 Å². The van der Waals surface area contributed by atoms with E-state index >= 15 is 0 Å². The number of fused-ring (bicyclic) bond motifs is 2. The number of thiazole rings is 1. The highest BCUT2D eigenvalue weighted by atomic mass is 32.2. The standard InChI is InChI=1S/C23H19FN2O3S2/c24-14-7-5-13(6-8-14)19(27)12-30-23-25-18-10-9-15(11-20(18)31-23)26-21(28)16-3-1-2-4-17(16)22(26)29/h5-11,16-17H,1-4,12H2/t16-,17-/m1/s1. The Balaban J connectivity index is 1.33. The minimum Gasteiger partial charge on any atom is -0.293 e. The normalized spacial score (nSPS) is 21.0. The van der Waals surface area contributed by atoms with E-state index in [1.165, 1.54) is 52.3 Å². The Morgan fingerprint density at radius 1 is 1.06 bits per heavy atom. The Hall–Kier alpha value is -2.58. The van der Waals surface area contributed by atoms with Gasteiger partial charge in [-0.25, -0.2) is 9.37 Å². The van der Waals surface area contributed by atoms with Gasteiger partial charge in [0, 0.05) is 5.56 Å². The zero-order chi connectivity index (χ0) is 21.5. The number of imide groups is 1. The first kappa shape index (κ1) is 20.3.